The zero-order valence-electron chi connectivity index (χ0n) is 17.2. The number of anilines is 1. The zero-order chi connectivity index (χ0) is 21.3. The maximum Gasteiger partial charge on any atom is 0.251 e. The molecule has 0 saturated carbocycles. The van der Waals surface area contributed by atoms with Crippen molar-refractivity contribution < 1.29 is 4.79 Å². The molecule has 1 amide bonds. The molecule has 3 heterocycles. The topological polar surface area (TPSA) is 122 Å². The summed E-state index contributed by atoms with van der Waals surface area (Å²) in [5, 5.41) is 5.12. The van der Waals surface area contributed by atoms with E-state index in [0.29, 0.717) is 30.4 Å². The lowest BCUT2D eigenvalue weighted by molar-refractivity contribution is 0.0950. The Kier molecular flexibility index (Phi) is 5.52. The molecule has 2 aromatic rings. The summed E-state index contributed by atoms with van der Waals surface area (Å²) in [5.74, 6) is 0.693. The minimum atomic E-state index is -0.144. The Morgan fingerprint density at radius 1 is 1.33 bits per heavy atom. The number of aromatic nitrogens is 2. The van der Waals surface area contributed by atoms with Gasteiger partial charge in [-0.25, -0.2) is 9.99 Å². The van der Waals surface area contributed by atoms with Crippen LogP contribution in [0.2, 0.25) is 0 Å². The number of pyridine rings is 2. The number of amides is 1. The lowest BCUT2D eigenvalue weighted by atomic mass is 9.95. The highest BCUT2D eigenvalue weighted by atomic mass is 16.1. The molecule has 6 N–H and O–H groups in total. The van der Waals surface area contributed by atoms with E-state index in [1.807, 2.05) is 32.1 Å². The average molecular weight is 406 g/mol. The molecule has 1 saturated heterocycles. The molecule has 2 atom stereocenters. The van der Waals surface area contributed by atoms with Gasteiger partial charge in [0.2, 0.25) is 0 Å². The van der Waals surface area contributed by atoms with Gasteiger partial charge in [0.05, 0.1) is 18.3 Å². The number of carbonyl (C=O) groups is 1. The molecule has 4 rings (SSSR count). The molecule has 2 aliphatic rings. The first-order valence-corrected chi connectivity index (χ1v) is 10.0. The summed E-state index contributed by atoms with van der Waals surface area (Å²) in [5.41, 5.74) is 20.1. The fourth-order valence-corrected chi connectivity index (χ4v) is 4.06. The van der Waals surface area contributed by atoms with Gasteiger partial charge in [-0.05, 0) is 49.2 Å². The first-order valence-electron chi connectivity index (χ1n) is 10.0. The van der Waals surface area contributed by atoms with Crippen LogP contribution in [-0.2, 0) is 13.1 Å². The van der Waals surface area contributed by atoms with Gasteiger partial charge in [-0.2, -0.15) is 0 Å². The number of nitrogen functional groups attached to an aromatic ring is 1. The molecular formula is C22H27N7O. The monoisotopic (exact) mass is 405 g/mol. The highest BCUT2D eigenvalue weighted by Crippen LogP contribution is 2.25. The molecule has 0 aromatic carbocycles. The molecule has 30 heavy (non-hydrogen) atoms. The van der Waals surface area contributed by atoms with Crippen LogP contribution in [-0.4, -0.2) is 33.5 Å². The number of nitrogens with two attached hydrogens (primary N) is 2. The van der Waals surface area contributed by atoms with E-state index in [4.69, 9.17) is 11.5 Å². The average Bonchev–Trinajstić information content (AvgIpc) is 3.09. The molecule has 0 bridgehead atoms. The molecule has 8 nitrogen and oxygen atoms in total. The second kappa shape index (κ2) is 8.25. The maximum absolute atomic E-state index is 12.7. The molecule has 0 radical (unpaired) electrons. The van der Waals surface area contributed by atoms with Gasteiger partial charge in [0.25, 0.3) is 5.91 Å². The SMILES string of the molecule is Cc1cc(N)nc(C)c1CNC(=O)c1ccnc(CN2NCC3C=C(N)C=CC32)c1. The van der Waals surface area contributed by atoms with Crippen molar-refractivity contribution in [2.24, 2.45) is 11.7 Å². The van der Waals surface area contributed by atoms with Crippen molar-refractivity contribution in [3.05, 3.63) is 76.4 Å². The third-order valence-electron chi connectivity index (χ3n) is 5.63. The zero-order valence-corrected chi connectivity index (χ0v) is 17.2. The van der Waals surface area contributed by atoms with Crippen molar-refractivity contribution in [1.82, 2.24) is 25.7 Å². The molecule has 1 aliphatic carbocycles. The second-order valence-electron chi connectivity index (χ2n) is 7.82. The van der Waals surface area contributed by atoms with Crippen molar-refractivity contribution in [2.45, 2.75) is 33.0 Å². The highest BCUT2D eigenvalue weighted by Gasteiger charge is 2.32. The van der Waals surface area contributed by atoms with E-state index in [9.17, 15) is 4.79 Å². The van der Waals surface area contributed by atoms with Crippen LogP contribution in [0.5, 0.6) is 0 Å². The summed E-state index contributed by atoms with van der Waals surface area (Å²) in [6.45, 7) is 5.70. The van der Waals surface area contributed by atoms with E-state index in [0.717, 1.165) is 34.8 Å². The number of hydrogen-bond donors (Lipinski definition) is 4. The number of hydrazine groups is 1. The summed E-state index contributed by atoms with van der Waals surface area (Å²) in [6, 6.07) is 5.62. The predicted octanol–water partition coefficient (Wildman–Crippen LogP) is 1.32. The van der Waals surface area contributed by atoms with Crippen LogP contribution in [0.4, 0.5) is 5.82 Å². The predicted molar refractivity (Wildman–Crippen MR) is 116 cm³/mol. The van der Waals surface area contributed by atoms with Gasteiger partial charge >= 0.3 is 0 Å². The third-order valence-corrected chi connectivity index (χ3v) is 5.63. The van der Waals surface area contributed by atoms with Crippen LogP contribution in [0.1, 0.15) is 32.9 Å². The molecular weight excluding hydrogens is 378 g/mol. The third kappa shape index (κ3) is 4.19. The largest absolute Gasteiger partial charge is 0.399 e. The number of hydrogen-bond acceptors (Lipinski definition) is 7. The number of rotatable bonds is 5. The molecule has 1 aliphatic heterocycles. The first-order chi connectivity index (χ1) is 14.4. The lowest BCUT2D eigenvalue weighted by Crippen LogP contribution is -2.37. The van der Waals surface area contributed by atoms with Crippen LogP contribution in [0.25, 0.3) is 0 Å². The van der Waals surface area contributed by atoms with Crippen molar-refractivity contribution in [3.8, 4) is 0 Å². The maximum atomic E-state index is 12.7. The van der Waals surface area contributed by atoms with Gasteiger partial charge in [0, 0.05) is 42.2 Å². The Bertz CT molecular complexity index is 1010. The minimum absolute atomic E-state index is 0.144. The molecule has 0 spiro atoms. The number of nitrogens with zero attached hydrogens (tertiary/aromatic N) is 3. The number of fused-ring (bicyclic) bond motifs is 1. The van der Waals surface area contributed by atoms with Gasteiger partial charge in [-0.15, -0.1) is 0 Å². The van der Waals surface area contributed by atoms with Crippen molar-refractivity contribution >= 4 is 11.7 Å². The normalized spacial score (nSPS) is 20.7. The van der Waals surface area contributed by atoms with Crippen LogP contribution in [0.3, 0.4) is 0 Å². The molecule has 8 heteroatoms. The van der Waals surface area contributed by atoms with Gasteiger partial charge in [-0.1, -0.05) is 12.2 Å². The van der Waals surface area contributed by atoms with E-state index >= 15 is 0 Å². The van der Waals surface area contributed by atoms with Crippen LogP contribution in [0, 0.1) is 19.8 Å². The summed E-state index contributed by atoms with van der Waals surface area (Å²) in [7, 11) is 0. The Morgan fingerprint density at radius 2 is 2.17 bits per heavy atom. The molecule has 1 fully saturated rings. The lowest BCUT2D eigenvalue weighted by Gasteiger charge is -2.25. The molecule has 2 aromatic heterocycles. The van der Waals surface area contributed by atoms with E-state index < -0.39 is 0 Å². The number of nitrogens with one attached hydrogen (secondary N) is 2. The fourth-order valence-electron chi connectivity index (χ4n) is 4.06. The van der Waals surface area contributed by atoms with E-state index in [2.05, 4.69) is 37.9 Å². The number of allylic oxidation sites excluding steroid dienone is 1. The fraction of sp³-hybridized carbons (Fsp3) is 0.318. The second-order valence-corrected chi connectivity index (χ2v) is 7.82. The Labute approximate surface area is 176 Å². The smallest absolute Gasteiger partial charge is 0.251 e. The Balaban J connectivity index is 1.41. The van der Waals surface area contributed by atoms with Crippen LogP contribution < -0.4 is 22.2 Å². The van der Waals surface area contributed by atoms with Crippen molar-refractivity contribution in [3.63, 3.8) is 0 Å². The standard InChI is InChI=1S/C22H27N7O/c1-13-7-21(24)28-14(2)19(13)11-26-22(30)15-5-6-25-18(9-15)12-29-20-4-3-17(23)8-16(20)10-27-29/h3-9,16,20,27H,10-12,23H2,1-2H3,(H2,24,28)(H,26,30). The first kappa shape index (κ1) is 20.1. The summed E-state index contributed by atoms with van der Waals surface area (Å²) in [4.78, 5) is 21.4. The molecule has 156 valence electrons. The van der Waals surface area contributed by atoms with Gasteiger partial charge in [0.1, 0.15) is 5.82 Å². The Morgan fingerprint density at radius 3 is 2.97 bits per heavy atom. The summed E-state index contributed by atoms with van der Waals surface area (Å²) in [6.07, 6.45) is 7.81. The van der Waals surface area contributed by atoms with Gasteiger partial charge < -0.3 is 16.8 Å². The van der Waals surface area contributed by atoms with E-state index in [1.165, 1.54) is 0 Å². The van der Waals surface area contributed by atoms with Crippen LogP contribution in [0.15, 0.2) is 48.3 Å². The summed E-state index contributed by atoms with van der Waals surface area (Å²) >= 11 is 0. The van der Waals surface area contributed by atoms with Crippen LogP contribution >= 0.6 is 0 Å². The van der Waals surface area contributed by atoms with E-state index in [-0.39, 0.29) is 11.9 Å². The highest BCUT2D eigenvalue weighted by molar-refractivity contribution is 5.94. The quantitative estimate of drug-likeness (QED) is 0.592. The van der Waals surface area contributed by atoms with Gasteiger partial charge in [-0.3, -0.25) is 15.2 Å². The number of carbonyl (C=O) groups excluding carboxylic acids is 1. The van der Waals surface area contributed by atoms with Crippen molar-refractivity contribution in [1.29, 1.82) is 0 Å². The minimum Gasteiger partial charge on any atom is -0.399 e. The van der Waals surface area contributed by atoms with Crippen molar-refractivity contribution in [2.75, 3.05) is 12.3 Å². The Hall–Kier alpha value is -3.23. The number of aryl methyl sites for hydroxylation is 2. The van der Waals surface area contributed by atoms with E-state index in [1.54, 1.807) is 12.3 Å². The molecule has 2 unspecified atom stereocenters. The van der Waals surface area contributed by atoms with Gasteiger partial charge in [0.15, 0.2) is 0 Å². The summed E-state index contributed by atoms with van der Waals surface area (Å²) < 4.78 is 0.